The van der Waals surface area contributed by atoms with Gasteiger partial charge in [-0.15, -0.1) is 0 Å². The van der Waals surface area contributed by atoms with Crippen molar-refractivity contribution in [1.29, 1.82) is 0 Å². The summed E-state index contributed by atoms with van der Waals surface area (Å²) in [5.41, 5.74) is 4.08. The lowest BCUT2D eigenvalue weighted by molar-refractivity contribution is 0.0520. The molecular formula is C29H34ClN5O5. The van der Waals surface area contributed by atoms with E-state index in [1.165, 1.54) is 4.57 Å². The van der Waals surface area contributed by atoms with Crippen LogP contribution in [0.4, 0.5) is 10.5 Å². The second kappa shape index (κ2) is 11.0. The lowest BCUT2D eigenvalue weighted by Crippen LogP contribution is -2.35. The number of carbonyl (C=O) groups excluding carboxylic acids is 1. The number of rotatable bonds is 6. The van der Waals surface area contributed by atoms with E-state index >= 15 is 0 Å². The van der Waals surface area contributed by atoms with Crippen molar-refractivity contribution >= 4 is 45.5 Å². The fourth-order valence-corrected chi connectivity index (χ4v) is 5.07. The van der Waals surface area contributed by atoms with Crippen LogP contribution in [0.25, 0.3) is 22.1 Å². The number of oxazole rings is 1. The molecule has 0 radical (unpaired) electrons. The molecule has 0 atom stereocenters. The van der Waals surface area contributed by atoms with Crippen molar-refractivity contribution in [3.63, 3.8) is 0 Å². The Kier molecular flexibility index (Phi) is 7.63. The molecular weight excluding hydrogens is 534 g/mol. The SMILES string of the molecule is Cc1ccc2oc(C3CCN(c4cc(=O)n(C)c5cc(OCCNC(=O)OC(C)(C)C)c(Cl)nc45)CC3)nc2c1. The summed E-state index contributed by atoms with van der Waals surface area (Å²) in [5, 5.41) is 2.82. The van der Waals surface area contributed by atoms with Crippen LogP contribution in [0.15, 0.2) is 39.5 Å². The van der Waals surface area contributed by atoms with Gasteiger partial charge in [0.2, 0.25) is 0 Å². The first-order valence-electron chi connectivity index (χ1n) is 13.4. The highest BCUT2D eigenvalue weighted by Crippen LogP contribution is 2.35. The molecule has 1 saturated heterocycles. The molecule has 0 saturated carbocycles. The first kappa shape index (κ1) is 27.8. The topological polar surface area (TPSA) is 112 Å². The molecule has 1 aliphatic rings. The zero-order valence-corrected chi connectivity index (χ0v) is 24.2. The van der Waals surface area contributed by atoms with Crippen LogP contribution < -0.4 is 20.5 Å². The molecule has 1 aromatic carbocycles. The number of fused-ring (bicyclic) bond motifs is 2. The predicted molar refractivity (Wildman–Crippen MR) is 155 cm³/mol. The van der Waals surface area contributed by atoms with Crippen LogP contribution in [-0.4, -0.2) is 52.5 Å². The standard InChI is InChI=1S/C29H34ClN5O5/c1-17-6-7-22-19(14-17)32-27(39-22)18-8-11-35(12-9-18)21-16-24(36)34(5)20-15-23(26(30)33-25(20)21)38-13-10-31-28(37)40-29(2,3)4/h6-7,14-16,18H,8-13H2,1-5H3,(H,31,37). The molecule has 0 spiro atoms. The molecule has 0 unspecified atom stereocenters. The molecule has 5 rings (SSSR count). The summed E-state index contributed by atoms with van der Waals surface area (Å²) < 4.78 is 18.6. The molecule has 3 aromatic heterocycles. The van der Waals surface area contributed by atoms with E-state index in [4.69, 9.17) is 30.5 Å². The number of carbonyl (C=O) groups is 1. The van der Waals surface area contributed by atoms with Crippen LogP contribution in [0.2, 0.25) is 5.15 Å². The van der Waals surface area contributed by atoms with Gasteiger partial charge in [-0.2, -0.15) is 0 Å². The lowest BCUT2D eigenvalue weighted by Gasteiger charge is -2.33. The van der Waals surface area contributed by atoms with Crippen LogP contribution in [0, 0.1) is 6.92 Å². The molecule has 1 aliphatic heterocycles. The number of hydrogen-bond acceptors (Lipinski definition) is 8. The quantitative estimate of drug-likeness (QED) is 0.246. The minimum absolute atomic E-state index is 0.152. The molecule has 40 heavy (non-hydrogen) atoms. The number of anilines is 1. The van der Waals surface area contributed by atoms with Crippen LogP contribution >= 0.6 is 11.6 Å². The lowest BCUT2D eigenvalue weighted by atomic mass is 9.96. The van der Waals surface area contributed by atoms with Crippen LogP contribution in [0.5, 0.6) is 5.75 Å². The van der Waals surface area contributed by atoms with Crippen molar-refractivity contribution in [2.75, 3.05) is 31.1 Å². The number of aryl methyl sites for hydroxylation is 2. The molecule has 0 bridgehead atoms. The number of alkyl carbamates (subject to hydrolysis) is 1. The summed E-state index contributed by atoms with van der Waals surface area (Å²) in [4.78, 5) is 36.3. The van der Waals surface area contributed by atoms with Crippen molar-refractivity contribution in [3.05, 3.63) is 57.3 Å². The highest BCUT2D eigenvalue weighted by Gasteiger charge is 2.27. The summed E-state index contributed by atoms with van der Waals surface area (Å²) in [6.07, 6.45) is 1.14. The molecule has 1 amide bonds. The fourth-order valence-electron chi connectivity index (χ4n) is 4.88. The molecule has 1 fully saturated rings. The predicted octanol–water partition coefficient (Wildman–Crippen LogP) is 5.32. The van der Waals surface area contributed by atoms with Gasteiger partial charge in [-0.3, -0.25) is 4.79 Å². The highest BCUT2D eigenvalue weighted by atomic mass is 35.5. The normalized spacial score (nSPS) is 14.6. The van der Waals surface area contributed by atoms with Gasteiger partial charge in [-0.1, -0.05) is 17.7 Å². The van der Waals surface area contributed by atoms with E-state index in [-0.39, 0.29) is 29.8 Å². The van der Waals surface area contributed by atoms with Gasteiger partial charge in [-0.25, -0.2) is 14.8 Å². The Morgan fingerprint density at radius 1 is 1.18 bits per heavy atom. The maximum Gasteiger partial charge on any atom is 0.407 e. The number of benzene rings is 1. The minimum Gasteiger partial charge on any atom is -0.488 e. The zero-order chi connectivity index (χ0) is 28.6. The van der Waals surface area contributed by atoms with Crippen molar-refractivity contribution in [3.8, 4) is 5.75 Å². The Morgan fingerprint density at radius 2 is 1.93 bits per heavy atom. The Morgan fingerprint density at radius 3 is 2.65 bits per heavy atom. The first-order chi connectivity index (χ1) is 19.0. The van der Waals surface area contributed by atoms with Crippen molar-refractivity contribution in [2.24, 2.45) is 7.05 Å². The number of ether oxygens (including phenoxy) is 2. The molecule has 212 valence electrons. The minimum atomic E-state index is -0.586. The average Bonchev–Trinajstić information content (AvgIpc) is 3.31. The fraction of sp³-hybridized carbons (Fsp3) is 0.448. The number of piperidine rings is 1. The van der Waals surface area contributed by atoms with Crippen LogP contribution in [0.3, 0.4) is 0 Å². The number of pyridine rings is 2. The van der Waals surface area contributed by atoms with Gasteiger partial charge in [0.15, 0.2) is 22.4 Å². The van der Waals surface area contributed by atoms with E-state index in [2.05, 4.69) is 15.2 Å². The van der Waals surface area contributed by atoms with E-state index in [1.807, 2.05) is 25.1 Å². The average molecular weight is 568 g/mol. The van der Waals surface area contributed by atoms with E-state index in [1.54, 1.807) is 40.0 Å². The molecule has 10 nitrogen and oxygen atoms in total. The second-order valence-electron chi connectivity index (χ2n) is 11.1. The highest BCUT2D eigenvalue weighted by molar-refractivity contribution is 6.31. The summed E-state index contributed by atoms with van der Waals surface area (Å²) in [6, 6.07) is 9.35. The monoisotopic (exact) mass is 567 g/mol. The molecule has 1 N–H and O–H groups in total. The first-order valence-corrected chi connectivity index (χ1v) is 13.8. The third kappa shape index (κ3) is 6.01. The molecule has 0 aliphatic carbocycles. The third-order valence-corrected chi connectivity index (χ3v) is 7.16. The largest absolute Gasteiger partial charge is 0.488 e. The summed E-state index contributed by atoms with van der Waals surface area (Å²) in [6.45, 7) is 9.24. The van der Waals surface area contributed by atoms with Gasteiger partial charge in [0.25, 0.3) is 5.56 Å². The summed E-state index contributed by atoms with van der Waals surface area (Å²) in [7, 11) is 1.69. The van der Waals surface area contributed by atoms with E-state index in [9.17, 15) is 9.59 Å². The number of nitrogens with zero attached hydrogens (tertiary/aromatic N) is 4. The molecule has 4 heterocycles. The van der Waals surface area contributed by atoms with Crippen LogP contribution in [0.1, 0.15) is 51.0 Å². The van der Waals surface area contributed by atoms with Crippen LogP contribution in [-0.2, 0) is 11.8 Å². The van der Waals surface area contributed by atoms with E-state index < -0.39 is 11.7 Å². The Labute approximate surface area is 237 Å². The van der Waals surface area contributed by atoms with Gasteiger partial charge < -0.3 is 28.7 Å². The zero-order valence-electron chi connectivity index (χ0n) is 23.4. The number of hydrogen-bond donors (Lipinski definition) is 1. The number of nitrogens with one attached hydrogen (secondary N) is 1. The molecule has 4 aromatic rings. The van der Waals surface area contributed by atoms with Gasteiger partial charge in [-0.05, 0) is 58.2 Å². The van der Waals surface area contributed by atoms with Gasteiger partial charge in [0.05, 0.1) is 17.7 Å². The summed E-state index contributed by atoms with van der Waals surface area (Å²) >= 11 is 6.51. The maximum absolute atomic E-state index is 12.9. The second-order valence-corrected chi connectivity index (χ2v) is 11.5. The van der Waals surface area contributed by atoms with Gasteiger partial charge in [0.1, 0.15) is 23.2 Å². The van der Waals surface area contributed by atoms with E-state index in [0.717, 1.165) is 54.2 Å². The van der Waals surface area contributed by atoms with Gasteiger partial charge in [0, 0.05) is 38.2 Å². The van der Waals surface area contributed by atoms with Crippen molar-refractivity contribution < 1.29 is 18.7 Å². The number of amides is 1. The molecule has 11 heteroatoms. The van der Waals surface area contributed by atoms with Gasteiger partial charge >= 0.3 is 6.09 Å². The number of aromatic nitrogens is 3. The Balaban J connectivity index is 1.30. The number of halogens is 1. The third-order valence-electron chi connectivity index (χ3n) is 6.89. The maximum atomic E-state index is 12.9. The smallest absolute Gasteiger partial charge is 0.407 e. The summed E-state index contributed by atoms with van der Waals surface area (Å²) in [5.74, 6) is 1.29. The Hall–Kier alpha value is -3.79. The Bertz CT molecular complexity index is 1620. The van der Waals surface area contributed by atoms with Crippen molar-refractivity contribution in [2.45, 2.75) is 52.1 Å². The van der Waals surface area contributed by atoms with Crippen molar-refractivity contribution in [1.82, 2.24) is 19.9 Å². The van der Waals surface area contributed by atoms with E-state index in [0.29, 0.717) is 16.8 Å².